The third kappa shape index (κ3) is 3.85. The number of allylic oxidation sites excluding steroid dienone is 3. The minimum absolute atomic E-state index is 0.0508. The van der Waals surface area contributed by atoms with Gasteiger partial charge in [0.05, 0.1) is 0 Å². The van der Waals surface area contributed by atoms with Crippen LogP contribution >= 0.6 is 0 Å². The highest BCUT2D eigenvalue weighted by atomic mass is 16.5. The Bertz CT molecular complexity index is 847. The minimum Gasteiger partial charge on any atom is -0.462 e. The summed E-state index contributed by atoms with van der Waals surface area (Å²) in [5.41, 5.74) is 4.17. The first kappa shape index (κ1) is 26.0. The molecule has 0 aromatic heterocycles. The van der Waals surface area contributed by atoms with Crippen molar-refractivity contribution in [1.29, 1.82) is 0 Å². The standard InChI is InChI=1S/C32H52O2/c1-21(2)11-10-12-22(3)24-15-19-31(8)25(24)13-14-27-30(7)18-17-28(34-23(4)33)29(5,6)26(30)16-20-32(27,31)9/h11,24-28H,3,10,12-20H2,1-2,4-9H3/t24-,25+,26+,27-,28+,30+,31+,32-/m1/s1. The second-order valence-electron chi connectivity index (χ2n) is 14.3. The van der Waals surface area contributed by atoms with Crippen LogP contribution in [0.2, 0.25) is 0 Å². The van der Waals surface area contributed by atoms with Crippen molar-refractivity contribution in [3.8, 4) is 0 Å². The number of hydrogen-bond donors (Lipinski definition) is 0. The van der Waals surface area contributed by atoms with Crippen LogP contribution in [0.15, 0.2) is 23.8 Å². The van der Waals surface area contributed by atoms with Gasteiger partial charge in [0.25, 0.3) is 0 Å². The molecule has 0 radical (unpaired) electrons. The predicted octanol–water partition coefficient (Wildman–Crippen LogP) is 8.91. The van der Waals surface area contributed by atoms with Gasteiger partial charge in [0.15, 0.2) is 0 Å². The van der Waals surface area contributed by atoms with Gasteiger partial charge in [-0.2, -0.15) is 0 Å². The lowest BCUT2D eigenvalue weighted by atomic mass is 9.35. The number of carbonyl (C=O) groups excluding carboxylic acids is 1. The van der Waals surface area contributed by atoms with E-state index in [0.717, 1.165) is 37.0 Å². The van der Waals surface area contributed by atoms with E-state index < -0.39 is 0 Å². The second-order valence-corrected chi connectivity index (χ2v) is 14.3. The van der Waals surface area contributed by atoms with Gasteiger partial charge in [-0.15, -0.1) is 0 Å². The molecule has 4 aliphatic carbocycles. The van der Waals surface area contributed by atoms with Gasteiger partial charge in [-0.1, -0.05) is 58.4 Å². The minimum atomic E-state index is -0.114. The van der Waals surface area contributed by atoms with E-state index in [2.05, 4.69) is 61.1 Å². The second kappa shape index (κ2) is 8.81. The summed E-state index contributed by atoms with van der Waals surface area (Å²) < 4.78 is 5.89. The smallest absolute Gasteiger partial charge is 0.302 e. The molecule has 2 nitrogen and oxygen atoms in total. The van der Waals surface area contributed by atoms with E-state index >= 15 is 0 Å². The van der Waals surface area contributed by atoms with E-state index in [1.807, 2.05) is 0 Å². The van der Waals surface area contributed by atoms with Crippen LogP contribution in [0, 0.1) is 45.3 Å². The van der Waals surface area contributed by atoms with Crippen molar-refractivity contribution in [3.05, 3.63) is 23.8 Å². The molecule has 0 aliphatic heterocycles. The van der Waals surface area contributed by atoms with Crippen molar-refractivity contribution in [3.63, 3.8) is 0 Å². The van der Waals surface area contributed by atoms with Crippen molar-refractivity contribution in [2.45, 2.75) is 126 Å². The van der Waals surface area contributed by atoms with E-state index in [9.17, 15) is 4.79 Å². The molecule has 0 heterocycles. The summed E-state index contributed by atoms with van der Waals surface area (Å²) in [4.78, 5) is 11.8. The SMILES string of the molecule is C=C(CCC=C(C)C)[C@H]1CC[C@@]2(C)[C@H]1CC[C@@H]1[C@@]3(C)CC[C@H](OC(C)=O)C(C)(C)[C@@H]3CC[C@]12C. The number of ether oxygens (including phenoxy) is 1. The van der Waals surface area contributed by atoms with Crippen molar-refractivity contribution >= 4 is 5.97 Å². The Hall–Kier alpha value is -1.05. The fourth-order valence-corrected chi connectivity index (χ4v) is 10.4. The number of hydrogen-bond acceptors (Lipinski definition) is 2. The number of esters is 1. The first-order chi connectivity index (χ1) is 15.8. The van der Waals surface area contributed by atoms with Gasteiger partial charge in [0, 0.05) is 12.3 Å². The first-order valence-corrected chi connectivity index (χ1v) is 14.3. The Morgan fingerprint density at radius 2 is 1.56 bits per heavy atom. The summed E-state index contributed by atoms with van der Waals surface area (Å²) in [5.74, 6) is 2.81. The van der Waals surface area contributed by atoms with Crippen LogP contribution in [0.25, 0.3) is 0 Å². The maximum atomic E-state index is 11.8. The molecule has 8 atom stereocenters. The Morgan fingerprint density at radius 1 is 0.882 bits per heavy atom. The fraction of sp³-hybridized carbons (Fsp3) is 0.844. The van der Waals surface area contributed by atoms with Crippen LogP contribution in [0.4, 0.5) is 0 Å². The molecule has 4 saturated carbocycles. The zero-order chi connectivity index (χ0) is 25.1. The predicted molar refractivity (Wildman–Crippen MR) is 142 cm³/mol. The van der Waals surface area contributed by atoms with E-state index in [4.69, 9.17) is 4.74 Å². The van der Waals surface area contributed by atoms with Crippen molar-refractivity contribution in [2.24, 2.45) is 45.3 Å². The molecule has 0 spiro atoms. The third-order valence-corrected chi connectivity index (χ3v) is 12.2. The highest BCUT2D eigenvalue weighted by molar-refractivity contribution is 5.66. The van der Waals surface area contributed by atoms with Gasteiger partial charge < -0.3 is 4.74 Å². The van der Waals surface area contributed by atoms with E-state index in [1.54, 1.807) is 6.92 Å². The molecule has 0 bridgehead atoms. The number of carbonyl (C=O) groups is 1. The topological polar surface area (TPSA) is 26.3 Å². The van der Waals surface area contributed by atoms with Gasteiger partial charge in [-0.05, 0) is 118 Å². The summed E-state index contributed by atoms with van der Waals surface area (Å²) in [6.07, 6.45) is 15.1. The molecule has 4 aliphatic rings. The monoisotopic (exact) mass is 468 g/mol. The summed E-state index contributed by atoms with van der Waals surface area (Å²) in [7, 11) is 0. The molecule has 0 aromatic carbocycles. The first-order valence-electron chi connectivity index (χ1n) is 14.3. The summed E-state index contributed by atoms with van der Waals surface area (Å²) >= 11 is 0. The Morgan fingerprint density at radius 3 is 2.21 bits per heavy atom. The van der Waals surface area contributed by atoms with Crippen molar-refractivity contribution in [2.75, 3.05) is 0 Å². The van der Waals surface area contributed by atoms with Gasteiger partial charge in [-0.25, -0.2) is 0 Å². The maximum Gasteiger partial charge on any atom is 0.302 e. The molecule has 2 heteroatoms. The molecule has 4 rings (SSSR count). The van der Waals surface area contributed by atoms with Crippen LogP contribution in [0.1, 0.15) is 120 Å². The van der Waals surface area contributed by atoms with Gasteiger partial charge in [0.2, 0.25) is 0 Å². The summed E-state index contributed by atoms with van der Waals surface area (Å²) in [5, 5.41) is 0. The Balaban J connectivity index is 1.57. The van der Waals surface area contributed by atoms with E-state index in [0.29, 0.717) is 22.2 Å². The Labute approximate surface area is 210 Å². The molecular weight excluding hydrogens is 416 g/mol. The zero-order valence-electron chi connectivity index (χ0n) is 23.6. The highest BCUT2D eigenvalue weighted by Gasteiger charge is 2.68. The number of rotatable bonds is 5. The van der Waals surface area contributed by atoms with E-state index in [-0.39, 0.29) is 17.5 Å². The lowest BCUT2D eigenvalue weighted by Crippen LogP contribution is -2.64. The van der Waals surface area contributed by atoms with Crippen molar-refractivity contribution < 1.29 is 9.53 Å². The number of fused-ring (bicyclic) bond motifs is 5. The average Bonchev–Trinajstić information content (AvgIpc) is 3.08. The molecule has 0 aromatic rings. The fourth-order valence-electron chi connectivity index (χ4n) is 10.4. The largest absolute Gasteiger partial charge is 0.462 e. The highest BCUT2D eigenvalue weighted by Crippen LogP contribution is 2.75. The zero-order valence-corrected chi connectivity index (χ0v) is 23.6. The van der Waals surface area contributed by atoms with Gasteiger partial charge in [-0.3, -0.25) is 4.79 Å². The summed E-state index contributed by atoms with van der Waals surface area (Å²) in [6, 6.07) is 0. The average molecular weight is 469 g/mol. The lowest BCUT2D eigenvalue weighted by molar-refractivity contribution is -0.226. The molecule has 0 amide bonds. The van der Waals surface area contributed by atoms with Crippen molar-refractivity contribution in [1.82, 2.24) is 0 Å². The van der Waals surface area contributed by atoms with Crippen LogP contribution in [0.5, 0.6) is 0 Å². The molecule has 0 N–H and O–H groups in total. The quantitative estimate of drug-likeness (QED) is 0.297. The van der Waals surface area contributed by atoms with Crippen LogP contribution in [-0.2, 0) is 9.53 Å². The van der Waals surface area contributed by atoms with E-state index in [1.165, 1.54) is 56.1 Å². The third-order valence-electron chi connectivity index (χ3n) is 12.2. The summed E-state index contributed by atoms with van der Waals surface area (Å²) in [6.45, 7) is 23.4. The molecule has 0 saturated heterocycles. The van der Waals surface area contributed by atoms with Gasteiger partial charge >= 0.3 is 5.97 Å². The molecule has 4 fully saturated rings. The normalized spacial score (nSPS) is 44.9. The maximum absolute atomic E-state index is 11.8. The molecule has 34 heavy (non-hydrogen) atoms. The molecule has 192 valence electrons. The molecule has 0 unspecified atom stereocenters. The molecular formula is C32H52O2. The Kier molecular flexibility index (Phi) is 6.74. The van der Waals surface area contributed by atoms with Crippen LogP contribution in [0.3, 0.4) is 0 Å². The van der Waals surface area contributed by atoms with Crippen LogP contribution < -0.4 is 0 Å². The van der Waals surface area contributed by atoms with Crippen LogP contribution in [-0.4, -0.2) is 12.1 Å². The lowest BCUT2D eigenvalue weighted by Gasteiger charge is -2.70. The van der Waals surface area contributed by atoms with Gasteiger partial charge in [0.1, 0.15) is 6.10 Å².